The molecule has 2 amide bonds. The fraction of sp³-hybridized carbons (Fsp3) is 0.222. The third kappa shape index (κ3) is 4.11. The zero-order valence-electron chi connectivity index (χ0n) is 8.30. The summed E-state index contributed by atoms with van der Waals surface area (Å²) in [5.41, 5.74) is 0. The zero-order valence-corrected chi connectivity index (χ0v) is 10.1. The summed E-state index contributed by atoms with van der Waals surface area (Å²) >= 11 is 7.65. The van der Waals surface area contributed by atoms with Gasteiger partial charge in [-0.3, -0.25) is 9.59 Å². The van der Waals surface area contributed by atoms with Gasteiger partial charge in [-0.2, -0.15) is 25.3 Å². The van der Waals surface area contributed by atoms with Crippen LogP contribution < -0.4 is 10.6 Å². The molecule has 2 N–H and O–H groups in total. The minimum Gasteiger partial charge on any atom is -0.310 e. The molecule has 0 saturated carbocycles. The van der Waals surface area contributed by atoms with Gasteiger partial charge in [0.25, 0.3) is 0 Å². The molecule has 0 aliphatic rings. The second-order valence-electron chi connectivity index (χ2n) is 2.82. The summed E-state index contributed by atoms with van der Waals surface area (Å²) in [6.45, 7) is 0. The lowest BCUT2D eigenvalue weighted by Gasteiger charge is -2.05. The number of anilines is 2. The summed E-state index contributed by atoms with van der Waals surface area (Å²) in [7, 11) is 0. The van der Waals surface area contributed by atoms with Crippen LogP contribution in [0.2, 0.25) is 0 Å². The van der Waals surface area contributed by atoms with Crippen LogP contribution in [-0.2, 0) is 9.59 Å². The molecular weight excluding hydrogens is 246 g/mol. The third-order valence-electron chi connectivity index (χ3n) is 1.57. The van der Waals surface area contributed by atoms with E-state index < -0.39 is 0 Å². The van der Waals surface area contributed by atoms with Gasteiger partial charge in [0.1, 0.15) is 11.6 Å². The summed E-state index contributed by atoms with van der Waals surface area (Å²) in [6, 6.07) is 4.92. The van der Waals surface area contributed by atoms with Crippen molar-refractivity contribution in [2.24, 2.45) is 0 Å². The molecule has 1 aromatic heterocycles. The van der Waals surface area contributed by atoms with E-state index in [0.717, 1.165) is 0 Å². The molecule has 1 aromatic rings. The minimum atomic E-state index is -0.256. The molecule has 0 aliphatic carbocycles. The Kier molecular flexibility index (Phi) is 5.13. The average molecular weight is 257 g/mol. The van der Waals surface area contributed by atoms with Crippen LogP contribution in [0.25, 0.3) is 0 Å². The lowest BCUT2D eigenvalue weighted by Crippen LogP contribution is -2.16. The second kappa shape index (κ2) is 6.39. The average Bonchev–Trinajstić information content (AvgIpc) is 2.29. The van der Waals surface area contributed by atoms with Crippen molar-refractivity contribution in [1.82, 2.24) is 4.98 Å². The van der Waals surface area contributed by atoms with Gasteiger partial charge < -0.3 is 10.6 Å². The lowest BCUT2D eigenvalue weighted by atomic mass is 10.4. The fourth-order valence-electron chi connectivity index (χ4n) is 0.939. The smallest absolute Gasteiger partial charge is 0.235 e. The first-order valence-corrected chi connectivity index (χ1v) is 5.70. The van der Waals surface area contributed by atoms with Crippen molar-refractivity contribution >= 4 is 48.7 Å². The van der Waals surface area contributed by atoms with E-state index in [0.29, 0.717) is 11.6 Å². The van der Waals surface area contributed by atoms with Gasteiger partial charge in [-0.15, -0.1) is 0 Å². The van der Waals surface area contributed by atoms with Gasteiger partial charge in [0.05, 0.1) is 11.5 Å². The van der Waals surface area contributed by atoms with Crippen molar-refractivity contribution in [3.8, 4) is 0 Å². The van der Waals surface area contributed by atoms with Gasteiger partial charge in [-0.1, -0.05) is 6.07 Å². The molecule has 86 valence electrons. The van der Waals surface area contributed by atoms with Crippen LogP contribution >= 0.6 is 25.3 Å². The molecule has 0 bridgehead atoms. The minimum absolute atomic E-state index is 0.0783. The molecule has 0 aromatic carbocycles. The summed E-state index contributed by atoms with van der Waals surface area (Å²) in [5, 5.41) is 5.05. The Morgan fingerprint density at radius 2 is 1.50 bits per heavy atom. The van der Waals surface area contributed by atoms with E-state index in [4.69, 9.17) is 0 Å². The zero-order chi connectivity index (χ0) is 12.0. The first kappa shape index (κ1) is 12.9. The Bertz CT molecular complexity index is 365. The van der Waals surface area contributed by atoms with Gasteiger partial charge in [0, 0.05) is 0 Å². The van der Waals surface area contributed by atoms with Crippen LogP contribution in [0.1, 0.15) is 0 Å². The summed E-state index contributed by atoms with van der Waals surface area (Å²) in [5.74, 6) is 0.387. The maximum atomic E-state index is 11.0. The van der Waals surface area contributed by atoms with Gasteiger partial charge in [0.2, 0.25) is 11.8 Å². The maximum Gasteiger partial charge on any atom is 0.235 e. The molecule has 7 heteroatoms. The number of nitrogens with one attached hydrogen (secondary N) is 2. The summed E-state index contributed by atoms with van der Waals surface area (Å²) in [4.78, 5) is 26.1. The number of pyridine rings is 1. The topological polar surface area (TPSA) is 71.1 Å². The molecule has 5 nitrogen and oxygen atoms in total. The Morgan fingerprint density at radius 1 is 1.06 bits per heavy atom. The highest BCUT2D eigenvalue weighted by molar-refractivity contribution is 7.81. The molecule has 0 aliphatic heterocycles. The van der Waals surface area contributed by atoms with E-state index in [2.05, 4.69) is 40.9 Å². The normalized spacial score (nSPS) is 9.62. The summed E-state index contributed by atoms with van der Waals surface area (Å²) < 4.78 is 0. The number of thiol groups is 2. The standard InChI is InChI=1S/C9H11N3O2S2/c13-8(4-15)11-6-2-1-3-7(10-6)12-9(14)5-16/h1-3,15-16H,4-5H2,(H2,10,11,12,13,14). The van der Waals surface area contributed by atoms with E-state index in [1.54, 1.807) is 18.2 Å². The highest BCUT2D eigenvalue weighted by Crippen LogP contribution is 2.09. The Labute approximate surface area is 104 Å². The van der Waals surface area contributed by atoms with Crippen molar-refractivity contribution in [2.45, 2.75) is 0 Å². The van der Waals surface area contributed by atoms with Gasteiger partial charge >= 0.3 is 0 Å². The number of hydrogen-bond donors (Lipinski definition) is 4. The van der Waals surface area contributed by atoms with E-state index in [9.17, 15) is 9.59 Å². The first-order valence-electron chi connectivity index (χ1n) is 4.44. The lowest BCUT2D eigenvalue weighted by molar-refractivity contribution is -0.114. The molecule has 16 heavy (non-hydrogen) atoms. The van der Waals surface area contributed by atoms with Crippen LogP contribution in [-0.4, -0.2) is 28.3 Å². The molecule has 0 unspecified atom stereocenters. The molecule has 1 rings (SSSR count). The van der Waals surface area contributed by atoms with Gasteiger partial charge in [0.15, 0.2) is 0 Å². The van der Waals surface area contributed by atoms with Crippen molar-refractivity contribution in [3.05, 3.63) is 18.2 Å². The molecule has 0 saturated heterocycles. The van der Waals surface area contributed by atoms with E-state index in [1.165, 1.54) is 0 Å². The second-order valence-corrected chi connectivity index (χ2v) is 3.45. The highest BCUT2D eigenvalue weighted by Gasteiger charge is 2.03. The third-order valence-corrected chi connectivity index (χ3v) is 2.15. The molecule has 1 heterocycles. The van der Waals surface area contributed by atoms with Gasteiger partial charge in [-0.05, 0) is 12.1 Å². The van der Waals surface area contributed by atoms with Crippen LogP contribution in [0, 0.1) is 0 Å². The number of nitrogens with zero attached hydrogens (tertiary/aromatic N) is 1. The van der Waals surface area contributed by atoms with Crippen LogP contribution in [0.5, 0.6) is 0 Å². The van der Waals surface area contributed by atoms with Crippen molar-refractivity contribution in [1.29, 1.82) is 0 Å². The number of aromatic nitrogens is 1. The van der Waals surface area contributed by atoms with Crippen molar-refractivity contribution < 1.29 is 9.59 Å². The number of rotatable bonds is 4. The quantitative estimate of drug-likeness (QED) is 0.604. The maximum absolute atomic E-state index is 11.0. The number of carbonyl (C=O) groups is 2. The number of hydrogen-bond acceptors (Lipinski definition) is 5. The fourth-order valence-corrected chi connectivity index (χ4v) is 1.10. The Balaban J connectivity index is 2.71. The van der Waals surface area contributed by atoms with E-state index in [-0.39, 0.29) is 23.3 Å². The van der Waals surface area contributed by atoms with Crippen molar-refractivity contribution in [3.63, 3.8) is 0 Å². The largest absolute Gasteiger partial charge is 0.310 e. The highest BCUT2D eigenvalue weighted by atomic mass is 32.1. The number of amides is 2. The molecular formula is C9H11N3O2S2. The molecule has 0 fully saturated rings. The molecule has 0 spiro atoms. The predicted octanol–water partition coefficient (Wildman–Crippen LogP) is 0.818. The van der Waals surface area contributed by atoms with Gasteiger partial charge in [-0.25, -0.2) is 4.98 Å². The van der Waals surface area contributed by atoms with E-state index in [1.807, 2.05) is 0 Å². The van der Waals surface area contributed by atoms with Crippen LogP contribution in [0.4, 0.5) is 11.6 Å². The SMILES string of the molecule is O=C(CS)Nc1cccc(NC(=O)CS)n1. The molecule has 0 radical (unpaired) electrons. The first-order chi connectivity index (χ1) is 7.65. The summed E-state index contributed by atoms with van der Waals surface area (Å²) in [6.07, 6.45) is 0. The van der Waals surface area contributed by atoms with E-state index >= 15 is 0 Å². The van der Waals surface area contributed by atoms with Crippen molar-refractivity contribution in [2.75, 3.05) is 22.1 Å². The Hall–Kier alpha value is -1.21. The monoisotopic (exact) mass is 257 g/mol. The van der Waals surface area contributed by atoms with Crippen LogP contribution in [0.3, 0.4) is 0 Å². The Morgan fingerprint density at radius 3 is 1.88 bits per heavy atom. The number of carbonyl (C=O) groups excluding carboxylic acids is 2. The van der Waals surface area contributed by atoms with Crippen LogP contribution in [0.15, 0.2) is 18.2 Å². The predicted molar refractivity (Wildman–Crippen MR) is 69.2 cm³/mol. The molecule has 0 atom stereocenters.